The molecule has 0 fully saturated rings. The number of carbonyl (C=O) groups is 1. The third-order valence-electron chi connectivity index (χ3n) is 1.61. The molecule has 0 amide bonds. The summed E-state index contributed by atoms with van der Waals surface area (Å²) in [6, 6.07) is 0. The second-order valence-corrected chi connectivity index (χ2v) is 3.82. The van der Waals surface area contributed by atoms with Gasteiger partial charge in [0.05, 0.1) is 6.42 Å². The van der Waals surface area contributed by atoms with Crippen molar-refractivity contribution >= 4 is 35.2 Å². The van der Waals surface area contributed by atoms with Gasteiger partial charge in [0.25, 0.3) is 0 Å². The van der Waals surface area contributed by atoms with Crippen molar-refractivity contribution < 1.29 is 14.6 Å². The lowest BCUT2D eigenvalue weighted by Crippen LogP contribution is -2.31. The lowest BCUT2D eigenvalue weighted by atomic mass is 9.99. The SMILES string of the molecule is CCC(C)(CC(=O)O)OC(=S)S. The van der Waals surface area contributed by atoms with Crippen molar-refractivity contribution in [2.24, 2.45) is 0 Å². The Balaban J connectivity index is 4.23. The molecule has 0 radical (unpaired) electrons. The van der Waals surface area contributed by atoms with Crippen LogP contribution in [0, 0.1) is 0 Å². The third kappa shape index (κ3) is 4.56. The number of aliphatic carboxylic acids is 1. The van der Waals surface area contributed by atoms with Crippen molar-refractivity contribution in [2.45, 2.75) is 32.3 Å². The molecule has 1 N–H and O–H groups in total. The van der Waals surface area contributed by atoms with Crippen LogP contribution in [-0.2, 0) is 9.53 Å². The summed E-state index contributed by atoms with van der Waals surface area (Å²) in [6.07, 6.45) is 0.518. The molecule has 0 spiro atoms. The number of carboxylic acids is 1. The van der Waals surface area contributed by atoms with E-state index < -0.39 is 11.6 Å². The highest BCUT2D eigenvalue weighted by molar-refractivity contribution is 8.10. The molecule has 0 bridgehead atoms. The van der Waals surface area contributed by atoms with Crippen LogP contribution in [-0.4, -0.2) is 21.1 Å². The van der Waals surface area contributed by atoms with Crippen LogP contribution in [0.25, 0.3) is 0 Å². The molecule has 1 unspecified atom stereocenters. The second-order valence-electron chi connectivity index (χ2n) is 2.74. The molecule has 1 atom stereocenters. The first kappa shape index (κ1) is 11.7. The Hall–Kier alpha value is -0.290. The number of thiocarbonyl (C=S) groups is 1. The van der Waals surface area contributed by atoms with Crippen molar-refractivity contribution in [2.75, 3.05) is 0 Å². The van der Waals surface area contributed by atoms with Crippen LogP contribution >= 0.6 is 24.8 Å². The summed E-state index contributed by atoms with van der Waals surface area (Å²) in [5, 5.41) is 8.54. The zero-order valence-corrected chi connectivity index (χ0v) is 8.74. The molecule has 3 nitrogen and oxygen atoms in total. The fourth-order valence-corrected chi connectivity index (χ4v) is 1.19. The van der Waals surface area contributed by atoms with Gasteiger partial charge in [-0.05, 0) is 25.6 Å². The summed E-state index contributed by atoms with van der Waals surface area (Å²) in [5.41, 5.74) is -0.731. The van der Waals surface area contributed by atoms with E-state index >= 15 is 0 Å². The molecule has 0 aliphatic carbocycles. The molecule has 5 heteroatoms. The Kier molecular flexibility index (Phi) is 4.55. The molecule has 0 aromatic rings. The van der Waals surface area contributed by atoms with E-state index in [9.17, 15) is 4.79 Å². The Morgan fingerprint density at radius 3 is 2.50 bits per heavy atom. The van der Waals surface area contributed by atoms with Crippen LogP contribution in [0.3, 0.4) is 0 Å². The summed E-state index contributed by atoms with van der Waals surface area (Å²) >= 11 is 8.40. The standard InChI is InChI=1S/C7H12O3S2/c1-3-7(2,4-5(8)9)10-6(11)12/h3-4H2,1-2H3,(H,8,9)(H,11,12). The van der Waals surface area contributed by atoms with Gasteiger partial charge in [0, 0.05) is 0 Å². The fraction of sp³-hybridized carbons (Fsp3) is 0.714. The maximum atomic E-state index is 10.4. The van der Waals surface area contributed by atoms with E-state index in [0.717, 1.165) is 0 Å². The zero-order valence-electron chi connectivity index (χ0n) is 7.03. The van der Waals surface area contributed by atoms with Crippen molar-refractivity contribution in [3.63, 3.8) is 0 Å². The lowest BCUT2D eigenvalue weighted by molar-refractivity contribution is -0.141. The van der Waals surface area contributed by atoms with E-state index in [1.54, 1.807) is 6.92 Å². The number of ether oxygens (including phenoxy) is 1. The minimum atomic E-state index is -0.899. The molecular formula is C7H12O3S2. The van der Waals surface area contributed by atoms with Gasteiger partial charge in [-0.1, -0.05) is 19.6 Å². The van der Waals surface area contributed by atoms with Gasteiger partial charge in [-0.3, -0.25) is 4.79 Å². The van der Waals surface area contributed by atoms with Crippen molar-refractivity contribution in [3.05, 3.63) is 0 Å². The topological polar surface area (TPSA) is 46.5 Å². The van der Waals surface area contributed by atoms with E-state index in [0.29, 0.717) is 6.42 Å². The lowest BCUT2D eigenvalue weighted by Gasteiger charge is -2.26. The highest BCUT2D eigenvalue weighted by Crippen LogP contribution is 2.21. The van der Waals surface area contributed by atoms with Crippen LogP contribution in [0.2, 0.25) is 0 Å². The van der Waals surface area contributed by atoms with Crippen LogP contribution in [0.15, 0.2) is 0 Å². The molecule has 0 saturated heterocycles. The van der Waals surface area contributed by atoms with E-state index in [1.165, 1.54) is 0 Å². The number of hydrogen-bond donors (Lipinski definition) is 2. The van der Waals surface area contributed by atoms with E-state index in [4.69, 9.17) is 9.84 Å². The molecule has 12 heavy (non-hydrogen) atoms. The zero-order chi connectivity index (χ0) is 9.78. The first-order valence-corrected chi connectivity index (χ1v) is 4.39. The highest BCUT2D eigenvalue weighted by atomic mass is 32.1. The third-order valence-corrected chi connectivity index (χ3v) is 1.78. The average molecular weight is 208 g/mol. The first-order valence-electron chi connectivity index (χ1n) is 3.53. The molecule has 0 aromatic heterocycles. The Morgan fingerprint density at radius 2 is 2.25 bits per heavy atom. The first-order chi connectivity index (χ1) is 5.39. The Morgan fingerprint density at radius 1 is 1.75 bits per heavy atom. The van der Waals surface area contributed by atoms with Gasteiger partial charge in [-0.25, -0.2) is 0 Å². The van der Waals surface area contributed by atoms with Gasteiger partial charge < -0.3 is 9.84 Å². The summed E-state index contributed by atoms with van der Waals surface area (Å²) in [7, 11) is 0. The average Bonchev–Trinajstić information content (AvgIpc) is 1.83. The molecule has 0 saturated carbocycles. The molecule has 0 aliphatic heterocycles. The molecule has 70 valence electrons. The van der Waals surface area contributed by atoms with Gasteiger partial charge >= 0.3 is 5.97 Å². The maximum Gasteiger partial charge on any atom is 0.307 e. The van der Waals surface area contributed by atoms with Gasteiger partial charge in [0.2, 0.25) is 4.38 Å². The normalized spacial score (nSPS) is 14.9. The second kappa shape index (κ2) is 4.67. The fourth-order valence-electron chi connectivity index (χ4n) is 0.764. The van der Waals surface area contributed by atoms with E-state index in [1.807, 2.05) is 6.92 Å². The summed E-state index contributed by atoms with van der Waals surface area (Å²) in [6.45, 7) is 3.54. The minimum Gasteiger partial charge on any atom is -0.481 e. The minimum absolute atomic E-state index is 0.0653. The van der Waals surface area contributed by atoms with Crippen molar-refractivity contribution in [1.29, 1.82) is 0 Å². The van der Waals surface area contributed by atoms with E-state index in [-0.39, 0.29) is 10.8 Å². The molecule has 0 aliphatic rings. The van der Waals surface area contributed by atoms with Crippen LogP contribution in [0.5, 0.6) is 0 Å². The Bertz CT molecular complexity index is 175. The predicted octanol–water partition coefficient (Wildman–Crippen LogP) is 1.86. The van der Waals surface area contributed by atoms with Gasteiger partial charge in [0.1, 0.15) is 5.60 Å². The summed E-state index contributed by atoms with van der Waals surface area (Å²) < 4.78 is 5.20. The number of thiol groups is 1. The quantitative estimate of drug-likeness (QED) is 0.547. The summed E-state index contributed by atoms with van der Waals surface area (Å²) in [5.74, 6) is -0.899. The number of rotatable bonds is 4. The molecule has 0 heterocycles. The van der Waals surface area contributed by atoms with Crippen LogP contribution < -0.4 is 0 Å². The van der Waals surface area contributed by atoms with Crippen molar-refractivity contribution in [3.8, 4) is 0 Å². The van der Waals surface area contributed by atoms with Gasteiger partial charge in [-0.15, -0.1) is 0 Å². The maximum absolute atomic E-state index is 10.4. The van der Waals surface area contributed by atoms with E-state index in [2.05, 4.69) is 24.8 Å². The number of hydrogen-bond acceptors (Lipinski definition) is 3. The monoisotopic (exact) mass is 208 g/mol. The predicted molar refractivity (Wildman–Crippen MR) is 53.6 cm³/mol. The molecule has 0 aromatic carbocycles. The highest BCUT2D eigenvalue weighted by Gasteiger charge is 2.27. The summed E-state index contributed by atoms with van der Waals surface area (Å²) in [4.78, 5) is 10.4. The van der Waals surface area contributed by atoms with Gasteiger partial charge in [0.15, 0.2) is 0 Å². The largest absolute Gasteiger partial charge is 0.481 e. The number of carboxylic acid groups (broad SMARTS) is 1. The van der Waals surface area contributed by atoms with Crippen molar-refractivity contribution in [1.82, 2.24) is 0 Å². The smallest absolute Gasteiger partial charge is 0.307 e. The molecular weight excluding hydrogens is 196 g/mol. The van der Waals surface area contributed by atoms with Crippen LogP contribution in [0.1, 0.15) is 26.7 Å². The molecule has 0 rings (SSSR count). The van der Waals surface area contributed by atoms with Crippen LogP contribution in [0.4, 0.5) is 0 Å². The van der Waals surface area contributed by atoms with Gasteiger partial charge in [-0.2, -0.15) is 0 Å². The Labute approximate surface area is 82.5 Å².